The second kappa shape index (κ2) is 53.4. The highest BCUT2D eigenvalue weighted by molar-refractivity contribution is 5.71. The van der Waals surface area contributed by atoms with Crippen molar-refractivity contribution in [3.63, 3.8) is 0 Å². The first-order valence-corrected chi connectivity index (χ1v) is 26.5. The molecule has 0 aliphatic rings. The molecule has 0 saturated carbocycles. The molecular weight excluding hydrogens is 817 g/mol. The van der Waals surface area contributed by atoms with Gasteiger partial charge in [-0.1, -0.05) is 206 Å². The summed E-state index contributed by atoms with van der Waals surface area (Å²) in [6.07, 6.45) is 73.4. The van der Waals surface area contributed by atoms with E-state index in [1.54, 1.807) is 0 Å². The van der Waals surface area contributed by atoms with Crippen molar-refractivity contribution in [1.29, 1.82) is 0 Å². The molecule has 372 valence electrons. The highest BCUT2D eigenvalue weighted by Gasteiger charge is 2.19. The van der Waals surface area contributed by atoms with Crippen LogP contribution in [0.4, 0.5) is 0 Å². The highest BCUT2D eigenvalue weighted by atomic mass is 16.6. The predicted octanol–water partition coefficient (Wildman–Crippen LogP) is 17.7. The van der Waals surface area contributed by atoms with E-state index in [1.165, 1.54) is 51.4 Å². The minimum Gasteiger partial charge on any atom is -0.462 e. The van der Waals surface area contributed by atoms with Crippen LogP contribution in [0.25, 0.3) is 0 Å². The molecule has 1 atom stereocenters. The summed E-state index contributed by atoms with van der Waals surface area (Å²) in [5.74, 6) is -1.04. The van der Waals surface area contributed by atoms with Crippen molar-refractivity contribution in [2.45, 2.75) is 226 Å². The molecule has 6 nitrogen and oxygen atoms in total. The van der Waals surface area contributed by atoms with E-state index in [9.17, 15) is 14.4 Å². The Morgan fingerprint density at radius 1 is 0.318 bits per heavy atom. The first kappa shape index (κ1) is 61.8. The summed E-state index contributed by atoms with van der Waals surface area (Å²) < 4.78 is 16.7. The number of unbranched alkanes of at least 4 members (excludes halogenated alkanes) is 15. The third-order valence-electron chi connectivity index (χ3n) is 10.7. The number of esters is 3. The maximum atomic E-state index is 12.8. The second-order valence-corrected chi connectivity index (χ2v) is 17.0. The number of rotatable bonds is 46. The standard InChI is InChI=1S/C60H96O6/c1-4-7-10-13-16-19-22-25-27-29-30-31-33-35-38-41-44-47-50-53-59(62)65-56-57(55-64-58(61)52-49-46-43-40-37-34-24-21-18-15-12-9-6-3)66-60(63)54-51-48-45-42-39-36-32-28-26-23-20-17-14-11-8-5-2/h7-8,10-11,16-17,19-20,25-28,30-31,34,36-37,39,45,48,57H,4-6,9,12-15,18,21-24,29,32-33,35,38,40-44,46-47,49-56H2,1-3H3/b10-7-,11-8-,19-16-,20-17-,27-25-,28-26-,31-30-,37-34-,39-36-,48-45-. The summed E-state index contributed by atoms with van der Waals surface area (Å²) in [7, 11) is 0. The zero-order valence-corrected chi connectivity index (χ0v) is 42.4. The molecule has 0 N–H and O–H groups in total. The monoisotopic (exact) mass is 913 g/mol. The lowest BCUT2D eigenvalue weighted by Crippen LogP contribution is -2.30. The van der Waals surface area contributed by atoms with E-state index in [0.717, 1.165) is 122 Å². The van der Waals surface area contributed by atoms with Crippen LogP contribution >= 0.6 is 0 Å². The molecule has 0 bridgehead atoms. The third-order valence-corrected chi connectivity index (χ3v) is 10.7. The number of ether oxygens (including phenoxy) is 3. The van der Waals surface area contributed by atoms with E-state index in [1.807, 2.05) is 12.2 Å². The minimum absolute atomic E-state index is 0.123. The molecule has 0 heterocycles. The lowest BCUT2D eigenvalue weighted by molar-refractivity contribution is -0.166. The van der Waals surface area contributed by atoms with Gasteiger partial charge in [-0.05, 0) is 116 Å². The van der Waals surface area contributed by atoms with Gasteiger partial charge in [-0.15, -0.1) is 0 Å². The van der Waals surface area contributed by atoms with Gasteiger partial charge in [0.1, 0.15) is 13.2 Å². The molecule has 0 spiro atoms. The number of carbonyl (C=O) groups excluding carboxylic acids is 3. The fourth-order valence-corrected chi connectivity index (χ4v) is 6.77. The molecule has 0 fully saturated rings. The van der Waals surface area contributed by atoms with E-state index in [4.69, 9.17) is 14.2 Å². The Balaban J connectivity index is 4.54. The quantitative estimate of drug-likeness (QED) is 0.0262. The molecule has 0 radical (unpaired) electrons. The third kappa shape index (κ3) is 50.8. The molecule has 0 saturated heterocycles. The lowest BCUT2D eigenvalue weighted by atomic mass is 10.1. The molecule has 0 amide bonds. The first-order chi connectivity index (χ1) is 32.5. The van der Waals surface area contributed by atoms with Crippen LogP contribution in [0.1, 0.15) is 220 Å². The molecular formula is C60H96O6. The van der Waals surface area contributed by atoms with Gasteiger partial charge in [-0.3, -0.25) is 14.4 Å². The van der Waals surface area contributed by atoms with Gasteiger partial charge in [0.15, 0.2) is 6.10 Å². The summed E-state index contributed by atoms with van der Waals surface area (Å²) in [6, 6.07) is 0. The Labute approximate surface area is 405 Å². The highest BCUT2D eigenvalue weighted by Crippen LogP contribution is 2.12. The van der Waals surface area contributed by atoms with E-state index in [-0.39, 0.29) is 31.6 Å². The first-order valence-electron chi connectivity index (χ1n) is 26.5. The SMILES string of the molecule is CC/C=C\C/C=C\C/C=C\C/C=C\C/C=C\CCC(=O)OC(COC(=O)CCCCC/C=C\CCCCCCCC)COC(=O)CCCCCCCC/C=C\C/C=C\C/C=C\C/C=C\CC. The van der Waals surface area contributed by atoms with Gasteiger partial charge in [-0.2, -0.15) is 0 Å². The zero-order chi connectivity index (χ0) is 47.9. The van der Waals surface area contributed by atoms with Crippen LogP contribution in [0, 0.1) is 0 Å². The Bertz CT molecular complexity index is 1420. The molecule has 0 aromatic rings. The largest absolute Gasteiger partial charge is 0.462 e. The zero-order valence-electron chi connectivity index (χ0n) is 42.4. The van der Waals surface area contributed by atoms with Crippen LogP contribution in [0.15, 0.2) is 122 Å². The molecule has 1 unspecified atom stereocenters. The minimum atomic E-state index is -0.833. The summed E-state index contributed by atoms with van der Waals surface area (Å²) >= 11 is 0. The maximum absolute atomic E-state index is 12.8. The van der Waals surface area contributed by atoms with Crippen LogP contribution in [-0.2, 0) is 28.6 Å². The Hall–Kier alpha value is -4.19. The summed E-state index contributed by atoms with van der Waals surface area (Å²) in [6.45, 7) is 6.30. The molecule has 6 heteroatoms. The van der Waals surface area contributed by atoms with Gasteiger partial charge in [-0.25, -0.2) is 0 Å². The summed E-state index contributed by atoms with van der Waals surface area (Å²) in [5.41, 5.74) is 0. The van der Waals surface area contributed by atoms with Crippen molar-refractivity contribution >= 4 is 17.9 Å². The van der Waals surface area contributed by atoms with Crippen LogP contribution in [0.3, 0.4) is 0 Å². The van der Waals surface area contributed by atoms with E-state index in [2.05, 4.69) is 130 Å². The van der Waals surface area contributed by atoms with Crippen LogP contribution in [0.2, 0.25) is 0 Å². The van der Waals surface area contributed by atoms with Crippen molar-refractivity contribution in [2.24, 2.45) is 0 Å². The summed E-state index contributed by atoms with van der Waals surface area (Å²) in [4.78, 5) is 38.0. The smallest absolute Gasteiger partial charge is 0.306 e. The van der Waals surface area contributed by atoms with E-state index in [0.29, 0.717) is 19.3 Å². The van der Waals surface area contributed by atoms with Crippen molar-refractivity contribution in [2.75, 3.05) is 13.2 Å². The number of hydrogen-bond donors (Lipinski definition) is 0. The number of hydrogen-bond acceptors (Lipinski definition) is 6. The average Bonchev–Trinajstić information content (AvgIpc) is 3.31. The maximum Gasteiger partial charge on any atom is 0.306 e. The predicted molar refractivity (Wildman–Crippen MR) is 283 cm³/mol. The van der Waals surface area contributed by atoms with Gasteiger partial charge in [0.25, 0.3) is 0 Å². The van der Waals surface area contributed by atoms with Crippen molar-refractivity contribution in [3.8, 4) is 0 Å². The normalized spacial score (nSPS) is 13.1. The molecule has 0 aromatic heterocycles. The fourth-order valence-electron chi connectivity index (χ4n) is 6.77. The Morgan fingerprint density at radius 2 is 0.621 bits per heavy atom. The molecule has 0 aliphatic carbocycles. The van der Waals surface area contributed by atoms with Gasteiger partial charge in [0, 0.05) is 19.3 Å². The lowest BCUT2D eigenvalue weighted by Gasteiger charge is -2.18. The van der Waals surface area contributed by atoms with Gasteiger partial charge >= 0.3 is 17.9 Å². The molecule has 0 aliphatic heterocycles. The second-order valence-electron chi connectivity index (χ2n) is 17.0. The number of allylic oxidation sites excluding steroid dienone is 20. The fraction of sp³-hybridized carbons (Fsp3) is 0.617. The van der Waals surface area contributed by atoms with Crippen molar-refractivity contribution in [3.05, 3.63) is 122 Å². The van der Waals surface area contributed by atoms with Gasteiger partial charge in [0.05, 0.1) is 0 Å². The van der Waals surface area contributed by atoms with Crippen molar-refractivity contribution < 1.29 is 28.6 Å². The average molecular weight is 913 g/mol. The van der Waals surface area contributed by atoms with Gasteiger partial charge < -0.3 is 14.2 Å². The molecule has 0 aromatic carbocycles. The van der Waals surface area contributed by atoms with Crippen molar-refractivity contribution in [1.82, 2.24) is 0 Å². The van der Waals surface area contributed by atoms with Crippen LogP contribution in [0.5, 0.6) is 0 Å². The Kier molecular flexibility index (Phi) is 50.0. The van der Waals surface area contributed by atoms with Crippen LogP contribution in [-0.4, -0.2) is 37.2 Å². The van der Waals surface area contributed by atoms with Crippen LogP contribution < -0.4 is 0 Å². The van der Waals surface area contributed by atoms with E-state index >= 15 is 0 Å². The summed E-state index contributed by atoms with van der Waals surface area (Å²) in [5, 5.41) is 0. The molecule has 0 rings (SSSR count). The topological polar surface area (TPSA) is 78.9 Å². The van der Waals surface area contributed by atoms with Gasteiger partial charge in [0.2, 0.25) is 0 Å². The van der Waals surface area contributed by atoms with E-state index < -0.39 is 12.1 Å². The Morgan fingerprint density at radius 3 is 1.02 bits per heavy atom. The number of carbonyl (C=O) groups is 3. The molecule has 66 heavy (non-hydrogen) atoms.